The summed E-state index contributed by atoms with van der Waals surface area (Å²) < 4.78 is 7.26. The van der Waals surface area contributed by atoms with Gasteiger partial charge in [-0.3, -0.25) is 4.90 Å². The van der Waals surface area contributed by atoms with Gasteiger partial charge in [-0.2, -0.15) is 5.10 Å². The molecule has 1 aromatic carbocycles. The average molecular weight is 323 g/mol. The molecule has 3 rings (SSSR count). The van der Waals surface area contributed by atoms with E-state index in [1.807, 2.05) is 35.1 Å². The van der Waals surface area contributed by atoms with Crippen LogP contribution in [0.25, 0.3) is 5.69 Å². The third kappa shape index (κ3) is 3.44. The highest BCUT2D eigenvalue weighted by Crippen LogP contribution is 2.25. The number of nitrogens with zero attached hydrogens (tertiary/aromatic N) is 5. The lowest BCUT2D eigenvalue weighted by molar-refractivity contribution is 0.248. The zero-order valence-corrected chi connectivity index (χ0v) is 14.1. The summed E-state index contributed by atoms with van der Waals surface area (Å²) in [6.45, 7) is 2.88. The normalized spacial score (nSPS) is 12.3. The number of benzene rings is 1. The number of methoxy groups -OCH3 is 1. The van der Waals surface area contributed by atoms with E-state index in [2.05, 4.69) is 40.0 Å². The van der Waals surface area contributed by atoms with Gasteiger partial charge < -0.3 is 4.74 Å². The Morgan fingerprint density at radius 2 is 2.12 bits per heavy atom. The summed E-state index contributed by atoms with van der Waals surface area (Å²) in [6, 6.07) is 10.1. The van der Waals surface area contributed by atoms with Crippen LogP contribution >= 0.6 is 0 Å². The summed E-state index contributed by atoms with van der Waals surface area (Å²) in [7, 11) is 3.76. The molecule has 1 atom stereocenters. The van der Waals surface area contributed by atoms with Crippen LogP contribution in [0, 0.1) is 0 Å². The summed E-state index contributed by atoms with van der Waals surface area (Å²) in [5.41, 5.74) is 3.18. The van der Waals surface area contributed by atoms with E-state index >= 15 is 0 Å². The molecule has 1 unspecified atom stereocenters. The molecule has 0 bridgehead atoms. The molecule has 0 aliphatic heterocycles. The summed E-state index contributed by atoms with van der Waals surface area (Å²) in [4.78, 5) is 10.6. The number of hydrogen-bond acceptors (Lipinski definition) is 5. The van der Waals surface area contributed by atoms with Crippen molar-refractivity contribution < 1.29 is 4.74 Å². The van der Waals surface area contributed by atoms with Crippen molar-refractivity contribution in [3.8, 4) is 11.4 Å². The standard InChI is InChI=1S/C18H21N5O/c1-14(17-7-9-19-13-20-17)22(2)12-15-11-16(24-3)5-6-18(15)23-10-4-8-21-23/h4-11,13-14H,12H2,1-3H3. The number of ether oxygens (including phenoxy) is 1. The van der Waals surface area contributed by atoms with Crippen LogP contribution in [0.5, 0.6) is 5.75 Å². The first-order valence-corrected chi connectivity index (χ1v) is 7.82. The maximum atomic E-state index is 5.39. The second kappa shape index (κ2) is 7.23. The Kier molecular flexibility index (Phi) is 4.86. The van der Waals surface area contributed by atoms with Crippen LogP contribution in [0.3, 0.4) is 0 Å². The first-order valence-electron chi connectivity index (χ1n) is 7.82. The highest BCUT2D eigenvalue weighted by molar-refractivity contribution is 5.45. The van der Waals surface area contributed by atoms with Gasteiger partial charge in [0, 0.05) is 31.2 Å². The number of aromatic nitrogens is 4. The van der Waals surface area contributed by atoms with Gasteiger partial charge in [0.1, 0.15) is 12.1 Å². The Morgan fingerprint density at radius 1 is 1.25 bits per heavy atom. The summed E-state index contributed by atoms with van der Waals surface area (Å²) >= 11 is 0. The molecule has 0 saturated heterocycles. The molecule has 124 valence electrons. The van der Waals surface area contributed by atoms with Gasteiger partial charge in [0.15, 0.2) is 0 Å². The third-order valence-electron chi connectivity index (χ3n) is 4.15. The lowest BCUT2D eigenvalue weighted by atomic mass is 10.1. The van der Waals surface area contributed by atoms with Crippen molar-refractivity contribution >= 4 is 0 Å². The Morgan fingerprint density at radius 3 is 2.79 bits per heavy atom. The predicted octanol–water partition coefficient (Wildman–Crippen LogP) is 2.86. The highest BCUT2D eigenvalue weighted by atomic mass is 16.5. The molecule has 3 aromatic rings. The van der Waals surface area contributed by atoms with Gasteiger partial charge >= 0.3 is 0 Å². The SMILES string of the molecule is COc1ccc(-n2cccn2)c(CN(C)C(C)c2ccncn2)c1. The molecule has 24 heavy (non-hydrogen) atoms. The molecule has 0 aliphatic rings. The smallest absolute Gasteiger partial charge is 0.119 e. The second-order valence-corrected chi connectivity index (χ2v) is 5.67. The van der Waals surface area contributed by atoms with Gasteiger partial charge in [0.25, 0.3) is 0 Å². The molecular formula is C18H21N5O. The minimum Gasteiger partial charge on any atom is -0.497 e. The fourth-order valence-electron chi connectivity index (χ4n) is 2.63. The Hall–Kier alpha value is -2.73. The predicted molar refractivity (Wildman–Crippen MR) is 92.0 cm³/mol. The monoisotopic (exact) mass is 323 g/mol. The molecule has 0 N–H and O–H groups in total. The zero-order chi connectivity index (χ0) is 16.9. The quantitative estimate of drug-likeness (QED) is 0.698. The molecule has 2 heterocycles. The summed E-state index contributed by atoms with van der Waals surface area (Å²) in [5.74, 6) is 0.837. The molecule has 0 spiro atoms. The second-order valence-electron chi connectivity index (χ2n) is 5.67. The van der Waals surface area contributed by atoms with Crippen molar-refractivity contribution in [2.75, 3.05) is 14.2 Å². The molecule has 0 saturated carbocycles. The molecule has 0 radical (unpaired) electrons. The van der Waals surface area contributed by atoms with Crippen molar-refractivity contribution in [1.82, 2.24) is 24.6 Å². The van der Waals surface area contributed by atoms with Gasteiger partial charge in [-0.15, -0.1) is 0 Å². The van der Waals surface area contributed by atoms with E-state index in [1.54, 1.807) is 25.8 Å². The van der Waals surface area contributed by atoms with Gasteiger partial charge in [-0.25, -0.2) is 14.6 Å². The third-order valence-corrected chi connectivity index (χ3v) is 4.15. The maximum absolute atomic E-state index is 5.39. The van der Waals surface area contributed by atoms with E-state index in [1.165, 1.54) is 0 Å². The minimum absolute atomic E-state index is 0.171. The van der Waals surface area contributed by atoms with E-state index in [0.717, 1.165) is 29.2 Å². The average Bonchev–Trinajstić information content (AvgIpc) is 3.16. The maximum Gasteiger partial charge on any atom is 0.119 e. The lowest BCUT2D eigenvalue weighted by Crippen LogP contribution is -2.23. The molecule has 0 fully saturated rings. The lowest BCUT2D eigenvalue weighted by Gasteiger charge is -2.25. The van der Waals surface area contributed by atoms with Crippen molar-refractivity contribution in [3.05, 3.63) is 66.5 Å². The first kappa shape index (κ1) is 16.1. The van der Waals surface area contributed by atoms with Crippen molar-refractivity contribution in [2.24, 2.45) is 0 Å². The van der Waals surface area contributed by atoms with Crippen molar-refractivity contribution in [2.45, 2.75) is 19.5 Å². The largest absolute Gasteiger partial charge is 0.497 e. The van der Waals surface area contributed by atoms with E-state index < -0.39 is 0 Å². The Labute approximate surface area is 141 Å². The van der Waals surface area contributed by atoms with Gasteiger partial charge in [-0.1, -0.05) is 0 Å². The highest BCUT2D eigenvalue weighted by Gasteiger charge is 2.16. The van der Waals surface area contributed by atoms with Crippen LogP contribution in [0.2, 0.25) is 0 Å². The van der Waals surface area contributed by atoms with Crippen molar-refractivity contribution in [1.29, 1.82) is 0 Å². The molecular weight excluding hydrogens is 302 g/mol. The molecule has 0 aliphatic carbocycles. The molecule has 6 heteroatoms. The fourth-order valence-corrected chi connectivity index (χ4v) is 2.63. The summed E-state index contributed by atoms with van der Waals surface area (Å²) in [6.07, 6.45) is 7.08. The first-order chi connectivity index (χ1) is 11.7. The van der Waals surface area contributed by atoms with E-state index in [-0.39, 0.29) is 6.04 Å². The van der Waals surface area contributed by atoms with Crippen molar-refractivity contribution in [3.63, 3.8) is 0 Å². The summed E-state index contributed by atoms with van der Waals surface area (Å²) in [5, 5.41) is 4.35. The van der Waals surface area contributed by atoms with E-state index in [9.17, 15) is 0 Å². The van der Waals surface area contributed by atoms with Gasteiger partial charge in [-0.05, 0) is 49.9 Å². The van der Waals surface area contributed by atoms with E-state index in [0.29, 0.717) is 0 Å². The fraction of sp³-hybridized carbons (Fsp3) is 0.278. The van der Waals surface area contributed by atoms with Crippen LogP contribution < -0.4 is 4.74 Å². The van der Waals surface area contributed by atoms with Crippen LogP contribution in [-0.2, 0) is 6.54 Å². The van der Waals surface area contributed by atoms with Crippen LogP contribution in [0.4, 0.5) is 0 Å². The Bertz CT molecular complexity index is 773. The minimum atomic E-state index is 0.171. The van der Waals surface area contributed by atoms with Gasteiger partial charge in [0.05, 0.1) is 18.5 Å². The van der Waals surface area contributed by atoms with Crippen LogP contribution in [-0.4, -0.2) is 38.8 Å². The van der Waals surface area contributed by atoms with Crippen LogP contribution in [0.15, 0.2) is 55.2 Å². The van der Waals surface area contributed by atoms with Crippen LogP contribution in [0.1, 0.15) is 24.2 Å². The number of rotatable bonds is 6. The van der Waals surface area contributed by atoms with E-state index in [4.69, 9.17) is 4.74 Å². The number of hydrogen-bond donors (Lipinski definition) is 0. The molecule has 6 nitrogen and oxygen atoms in total. The Balaban J connectivity index is 1.88. The molecule has 0 amide bonds. The molecule has 2 aromatic heterocycles. The van der Waals surface area contributed by atoms with Gasteiger partial charge in [0.2, 0.25) is 0 Å². The topological polar surface area (TPSA) is 56.1 Å². The zero-order valence-electron chi connectivity index (χ0n) is 14.1.